The minimum Gasteiger partial charge on any atom is -0.454 e. The molecule has 0 bridgehead atoms. The van der Waals surface area contributed by atoms with Crippen molar-refractivity contribution in [3.8, 4) is 0 Å². The zero-order chi connectivity index (χ0) is 18.5. The molecule has 136 valence electrons. The van der Waals surface area contributed by atoms with Gasteiger partial charge in [-0.1, -0.05) is 36.4 Å². The van der Waals surface area contributed by atoms with Gasteiger partial charge >= 0.3 is 11.9 Å². The molecule has 1 saturated carbocycles. The van der Waals surface area contributed by atoms with Crippen molar-refractivity contribution in [1.29, 1.82) is 0 Å². The van der Waals surface area contributed by atoms with Crippen LogP contribution < -0.4 is 5.73 Å². The van der Waals surface area contributed by atoms with E-state index in [2.05, 4.69) is 0 Å². The monoisotopic (exact) mass is 355 g/mol. The highest BCUT2D eigenvalue weighted by atomic mass is 16.6. The Morgan fingerprint density at radius 3 is 1.81 bits per heavy atom. The van der Waals surface area contributed by atoms with Gasteiger partial charge in [-0.15, -0.1) is 0 Å². The molecule has 26 heavy (non-hydrogen) atoms. The summed E-state index contributed by atoms with van der Waals surface area (Å²) < 4.78 is 11.1. The lowest BCUT2D eigenvalue weighted by atomic mass is 10.1. The molecule has 3 rings (SSSR count). The number of rotatable bonds is 5. The van der Waals surface area contributed by atoms with Crippen molar-refractivity contribution in [2.45, 2.75) is 24.7 Å². The molecule has 3 N–H and O–H groups in total. The Balaban J connectivity index is 1.76. The van der Waals surface area contributed by atoms with Gasteiger partial charge in [-0.2, -0.15) is 0 Å². The molecular weight excluding hydrogens is 334 g/mol. The van der Waals surface area contributed by atoms with E-state index in [0.29, 0.717) is 17.5 Å². The fraction of sp³-hybridized carbons (Fsp3) is 0.300. The second-order valence-corrected chi connectivity index (χ2v) is 6.31. The van der Waals surface area contributed by atoms with Gasteiger partial charge in [-0.25, -0.2) is 9.59 Å². The van der Waals surface area contributed by atoms with Crippen LogP contribution in [0.2, 0.25) is 0 Å². The summed E-state index contributed by atoms with van der Waals surface area (Å²) >= 11 is 0. The lowest BCUT2D eigenvalue weighted by Gasteiger charge is -2.25. The highest BCUT2D eigenvalue weighted by molar-refractivity contribution is 5.90. The topological polar surface area (TPSA) is 98.9 Å². The summed E-state index contributed by atoms with van der Waals surface area (Å²) in [7, 11) is 0. The van der Waals surface area contributed by atoms with Crippen molar-refractivity contribution in [2.24, 2.45) is 11.7 Å². The first-order chi connectivity index (χ1) is 12.6. The van der Waals surface area contributed by atoms with Crippen molar-refractivity contribution in [2.75, 3.05) is 6.61 Å². The highest BCUT2D eigenvalue weighted by Gasteiger charge is 2.46. The van der Waals surface area contributed by atoms with Crippen LogP contribution in [0.3, 0.4) is 0 Å². The number of nitrogens with two attached hydrogens (primary N) is 1. The number of benzene rings is 2. The number of hydrogen-bond acceptors (Lipinski definition) is 6. The van der Waals surface area contributed by atoms with E-state index in [0.717, 1.165) is 0 Å². The van der Waals surface area contributed by atoms with E-state index in [9.17, 15) is 14.7 Å². The van der Waals surface area contributed by atoms with Gasteiger partial charge in [0.15, 0.2) is 6.10 Å². The molecular formula is C20H21NO5. The second-order valence-electron chi connectivity index (χ2n) is 6.31. The van der Waals surface area contributed by atoms with E-state index in [1.54, 1.807) is 60.7 Å². The maximum absolute atomic E-state index is 12.4. The number of esters is 2. The molecule has 0 amide bonds. The number of carbonyl (C=O) groups excluding carboxylic acids is 2. The first-order valence-electron chi connectivity index (χ1n) is 8.48. The zero-order valence-corrected chi connectivity index (χ0v) is 14.2. The quantitative estimate of drug-likeness (QED) is 0.793. The molecule has 0 aromatic heterocycles. The first-order valence-corrected chi connectivity index (χ1v) is 8.48. The van der Waals surface area contributed by atoms with Gasteiger partial charge in [0.25, 0.3) is 0 Å². The number of carbonyl (C=O) groups is 2. The van der Waals surface area contributed by atoms with Crippen LogP contribution in [0.5, 0.6) is 0 Å². The number of ether oxygens (including phenoxy) is 2. The van der Waals surface area contributed by atoms with Crippen LogP contribution in [-0.2, 0) is 9.47 Å². The van der Waals surface area contributed by atoms with Crippen LogP contribution >= 0.6 is 0 Å². The predicted octanol–water partition coefficient (Wildman–Crippen LogP) is 1.78. The van der Waals surface area contributed by atoms with E-state index in [4.69, 9.17) is 15.2 Å². The second kappa shape index (κ2) is 8.12. The lowest BCUT2D eigenvalue weighted by molar-refractivity contribution is -0.0433. The maximum Gasteiger partial charge on any atom is 0.338 e. The highest BCUT2D eigenvalue weighted by Crippen LogP contribution is 2.31. The standard InChI is InChI=1S/C20H21NO5/c21-16-11-15(12-22)17(25-19(23)13-7-3-1-4-8-13)18(16)26-20(24)14-9-5-2-6-10-14/h1-10,15-18,22H,11-12,21H2/t15-,16-,17+,18?/m0/s1. The van der Waals surface area contributed by atoms with E-state index in [-0.39, 0.29) is 12.5 Å². The summed E-state index contributed by atoms with van der Waals surface area (Å²) in [5, 5.41) is 9.62. The Morgan fingerprint density at radius 1 is 0.885 bits per heavy atom. The van der Waals surface area contributed by atoms with E-state index < -0.39 is 30.2 Å². The Kier molecular flexibility index (Phi) is 5.65. The molecule has 0 saturated heterocycles. The van der Waals surface area contributed by atoms with Gasteiger partial charge in [-0.05, 0) is 30.7 Å². The Morgan fingerprint density at radius 2 is 1.35 bits per heavy atom. The van der Waals surface area contributed by atoms with Gasteiger partial charge in [0, 0.05) is 18.6 Å². The Hall–Kier alpha value is -2.70. The molecule has 1 unspecified atom stereocenters. The maximum atomic E-state index is 12.4. The molecule has 0 spiro atoms. The molecule has 1 fully saturated rings. The molecule has 6 nitrogen and oxygen atoms in total. The average molecular weight is 355 g/mol. The van der Waals surface area contributed by atoms with Crippen molar-refractivity contribution in [3.63, 3.8) is 0 Å². The summed E-state index contributed by atoms with van der Waals surface area (Å²) in [4.78, 5) is 24.7. The molecule has 0 radical (unpaired) electrons. The first kappa shape index (κ1) is 18.1. The smallest absolute Gasteiger partial charge is 0.338 e. The molecule has 1 aliphatic rings. The Labute approximate surface area is 151 Å². The summed E-state index contributed by atoms with van der Waals surface area (Å²) in [6.07, 6.45) is -1.21. The average Bonchev–Trinajstić information content (AvgIpc) is 2.98. The Bertz CT molecular complexity index is 749. The van der Waals surface area contributed by atoms with Gasteiger partial charge < -0.3 is 20.3 Å². The van der Waals surface area contributed by atoms with Crippen molar-refractivity contribution in [1.82, 2.24) is 0 Å². The van der Waals surface area contributed by atoms with Crippen LogP contribution in [-0.4, -0.2) is 41.9 Å². The number of hydrogen-bond donors (Lipinski definition) is 2. The molecule has 2 aromatic carbocycles. The van der Waals surface area contributed by atoms with Gasteiger partial charge in [0.1, 0.15) is 6.10 Å². The van der Waals surface area contributed by atoms with Crippen LogP contribution in [0, 0.1) is 5.92 Å². The molecule has 0 heterocycles. The lowest BCUT2D eigenvalue weighted by Crippen LogP contribution is -2.42. The van der Waals surface area contributed by atoms with Crippen molar-refractivity contribution >= 4 is 11.9 Å². The summed E-state index contributed by atoms with van der Waals surface area (Å²) in [6.45, 7) is -0.209. The molecule has 4 atom stereocenters. The van der Waals surface area contributed by atoms with Crippen LogP contribution in [0.1, 0.15) is 27.1 Å². The minimum atomic E-state index is -0.812. The third-order valence-corrected chi connectivity index (χ3v) is 4.53. The van der Waals surface area contributed by atoms with E-state index in [1.165, 1.54) is 0 Å². The van der Waals surface area contributed by atoms with Gasteiger partial charge in [0.05, 0.1) is 11.1 Å². The number of aliphatic hydroxyl groups excluding tert-OH is 1. The largest absolute Gasteiger partial charge is 0.454 e. The van der Waals surface area contributed by atoms with E-state index in [1.807, 2.05) is 0 Å². The molecule has 1 aliphatic carbocycles. The minimum absolute atomic E-state index is 0.209. The van der Waals surface area contributed by atoms with Gasteiger partial charge in [-0.3, -0.25) is 0 Å². The summed E-state index contributed by atoms with van der Waals surface area (Å²) in [6, 6.07) is 16.5. The van der Waals surface area contributed by atoms with Crippen LogP contribution in [0.25, 0.3) is 0 Å². The van der Waals surface area contributed by atoms with Crippen LogP contribution in [0.4, 0.5) is 0 Å². The van der Waals surface area contributed by atoms with Crippen molar-refractivity contribution in [3.05, 3.63) is 71.8 Å². The van der Waals surface area contributed by atoms with Crippen molar-refractivity contribution < 1.29 is 24.2 Å². The fourth-order valence-corrected chi connectivity index (χ4v) is 3.16. The van der Waals surface area contributed by atoms with Gasteiger partial charge in [0.2, 0.25) is 0 Å². The fourth-order valence-electron chi connectivity index (χ4n) is 3.16. The summed E-state index contributed by atoms with van der Waals surface area (Å²) in [5.41, 5.74) is 6.87. The van der Waals surface area contributed by atoms with E-state index >= 15 is 0 Å². The molecule has 0 aliphatic heterocycles. The SMILES string of the molecule is N[C@H]1C[C@@H](CO)[C@@H](OC(=O)c2ccccc2)C1OC(=O)c1ccccc1. The summed E-state index contributed by atoms with van der Waals surface area (Å²) in [5.74, 6) is -1.46. The third-order valence-electron chi connectivity index (χ3n) is 4.53. The molecule has 2 aromatic rings. The predicted molar refractivity (Wildman–Crippen MR) is 94.5 cm³/mol. The normalized spacial score (nSPS) is 24.8. The number of aliphatic hydroxyl groups is 1. The van der Waals surface area contributed by atoms with Crippen LogP contribution in [0.15, 0.2) is 60.7 Å². The third kappa shape index (κ3) is 3.92. The molecule has 6 heteroatoms. The zero-order valence-electron chi connectivity index (χ0n) is 14.2.